The summed E-state index contributed by atoms with van der Waals surface area (Å²) in [5, 5.41) is 9.42. The van der Waals surface area contributed by atoms with Crippen molar-refractivity contribution in [3.8, 4) is 5.69 Å². The van der Waals surface area contributed by atoms with Crippen LogP contribution in [-0.4, -0.2) is 20.3 Å². The first-order valence-corrected chi connectivity index (χ1v) is 11.0. The molecule has 2 aromatic heterocycles. The molecule has 4 rings (SSSR count). The highest BCUT2D eigenvalue weighted by Gasteiger charge is 2.25. The van der Waals surface area contributed by atoms with Gasteiger partial charge in [-0.05, 0) is 50.1 Å². The van der Waals surface area contributed by atoms with Gasteiger partial charge in [-0.2, -0.15) is 9.78 Å². The Morgan fingerprint density at radius 3 is 2.41 bits per heavy atom. The van der Waals surface area contributed by atoms with Crippen LogP contribution in [0.25, 0.3) is 16.5 Å². The second kappa shape index (κ2) is 9.01. The molecule has 0 unspecified atom stereocenters. The first-order valence-electron chi connectivity index (χ1n) is 10.6. The highest BCUT2D eigenvalue weighted by molar-refractivity contribution is 6.30. The third-order valence-electron chi connectivity index (χ3n) is 5.83. The molecule has 0 aliphatic carbocycles. The second-order valence-corrected chi connectivity index (χ2v) is 8.23. The average molecular weight is 449 g/mol. The van der Waals surface area contributed by atoms with Crippen molar-refractivity contribution in [2.75, 3.05) is 0 Å². The predicted molar refractivity (Wildman–Crippen MR) is 127 cm³/mol. The fourth-order valence-corrected chi connectivity index (χ4v) is 4.32. The molecule has 1 amide bonds. The quantitative estimate of drug-likeness (QED) is 0.463. The molecule has 0 aliphatic rings. The van der Waals surface area contributed by atoms with Gasteiger partial charge in [-0.3, -0.25) is 9.59 Å². The summed E-state index contributed by atoms with van der Waals surface area (Å²) < 4.78 is 3.36. The number of nitrogens with one attached hydrogen (secondary N) is 1. The minimum absolute atomic E-state index is 0.0923. The van der Waals surface area contributed by atoms with Crippen molar-refractivity contribution in [3.05, 3.63) is 93.1 Å². The molecule has 0 radical (unpaired) electrons. The molecule has 7 heteroatoms. The number of amides is 1. The molecule has 0 saturated carbocycles. The fraction of sp³-hybridized carbons (Fsp3) is 0.240. The van der Waals surface area contributed by atoms with Gasteiger partial charge < -0.3 is 9.88 Å². The van der Waals surface area contributed by atoms with Crippen LogP contribution in [0.4, 0.5) is 0 Å². The molecule has 0 fully saturated rings. The molecule has 0 bridgehead atoms. The van der Waals surface area contributed by atoms with Crippen LogP contribution >= 0.6 is 11.6 Å². The number of para-hydroxylation sites is 1. The van der Waals surface area contributed by atoms with Gasteiger partial charge in [-0.1, -0.05) is 48.9 Å². The summed E-state index contributed by atoms with van der Waals surface area (Å²) in [6.07, 6.45) is 2.30. The highest BCUT2D eigenvalue weighted by Crippen LogP contribution is 2.28. The molecule has 2 aromatic carbocycles. The van der Waals surface area contributed by atoms with Gasteiger partial charge >= 0.3 is 0 Å². The zero-order chi connectivity index (χ0) is 22.8. The Morgan fingerprint density at radius 1 is 1.06 bits per heavy atom. The summed E-state index contributed by atoms with van der Waals surface area (Å²) in [4.78, 5) is 26.4. The van der Waals surface area contributed by atoms with Crippen molar-refractivity contribution < 1.29 is 4.79 Å². The standard InChI is InChI=1S/C25H25ClN4O2/c1-4-22(24(31)27-14-18-10-12-19(26)13-11-18)29-16(2)21-15-28-30(20-8-6-5-7-9-20)25(32)23(21)17(29)3/h5-13,15,22H,4,14H2,1-3H3,(H,27,31)/t22-/m0/s1. The van der Waals surface area contributed by atoms with Crippen LogP contribution < -0.4 is 10.9 Å². The lowest BCUT2D eigenvalue weighted by molar-refractivity contribution is -0.124. The largest absolute Gasteiger partial charge is 0.350 e. The summed E-state index contributed by atoms with van der Waals surface area (Å²) >= 11 is 5.94. The van der Waals surface area contributed by atoms with Crippen molar-refractivity contribution in [2.45, 2.75) is 39.8 Å². The summed E-state index contributed by atoms with van der Waals surface area (Å²) in [6.45, 7) is 6.20. The topological polar surface area (TPSA) is 68.9 Å². The van der Waals surface area contributed by atoms with Gasteiger partial charge in [0.15, 0.2) is 0 Å². The highest BCUT2D eigenvalue weighted by atomic mass is 35.5. The van der Waals surface area contributed by atoms with E-state index in [9.17, 15) is 9.59 Å². The Bertz CT molecular complexity index is 1320. The molecule has 0 aliphatic heterocycles. The van der Waals surface area contributed by atoms with Crippen LogP contribution in [0.3, 0.4) is 0 Å². The third-order valence-corrected chi connectivity index (χ3v) is 6.09. The van der Waals surface area contributed by atoms with Crippen LogP contribution in [-0.2, 0) is 11.3 Å². The minimum Gasteiger partial charge on any atom is -0.350 e. The van der Waals surface area contributed by atoms with Gasteiger partial charge in [0.05, 0.1) is 17.3 Å². The number of carbonyl (C=O) groups excluding carboxylic acids is 1. The van der Waals surface area contributed by atoms with Crippen molar-refractivity contribution in [2.24, 2.45) is 0 Å². The number of hydrogen-bond donors (Lipinski definition) is 1. The Hall–Kier alpha value is -3.38. The van der Waals surface area contributed by atoms with Gasteiger partial charge in [0.1, 0.15) is 6.04 Å². The summed E-state index contributed by atoms with van der Waals surface area (Å²) in [5.41, 5.74) is 3.11. The average Bonchev–Trinajstić information content (AvgIpc) is 3.06. The third kappa shape index (κ3) is 3.94. The van der Waals surface area contributed by atoms with Crippen LogP contribution in [0.15, 0.2) is 65.6 Å². The van der Waals surface area contributed by atoms with E-state index in [1.54, 1.807) is 18.3 Å². The number of carbonyl (C=O) groups is 1. The smallest absolute Gasteiger partial charge is 0.281 e. The molecular weight excluding hydrogens is 424 g/mol. The lowest BCUT2D eigenvalue weighted by Gasteiger charge is -2.21. The van der Waals surface area contributed by atoms with E-state index < -0.39 is 6.04 Å². The van der Waals surface area contributed by atoms with E-state index in [1.807, 2.05) is 67.8 Å². The Kier molecular flexibility index (Phi) is 6.15. The van der Waals surface area contributed by atoms with Crippen molar-refractivity contribution in [1.29, 1.82) is 0 Å². The van der Waals surface area contributed by atoms with Crippen molar-refractivity contribution in [1.82, 2.24) is 19.7 Å². The minimum atomic E-state index is -0.431. The molecule has 32 heavy (non-hydrogen) atoms. The van der Waals surface area contributed by atoms with Crippen LogP contribution in [0.2, 0.25) is 5.02 Å². The van der Waals surface area contributed by atoms with Crippen LogP contribution in [0, 0.1) is 13.8 Å². The van der Waals surface area contributed by atoms with E-state index in [2.05, 4.69) is 10.4 Å². The molecule has 2 heterocycles. The Labute approximate surface area is 191 Å². The zero-order valence-corrected chi connectivity index (χ0v) is 19.1. The molecular formula is C25H25ClN4O2. The molecule has 6 nitrogen and oxygen atoms in total. The number of aromatic nitrogens is 3. The SMILES string of the molecule is CC[C@@H](C(=O)NCc1ccc(Cl)cc1)n1c(C)c2cnn(-c3ccccc3)c(=O)c2c1C. The zero-order valence-electron chi connectivity index (χ0n) is 18.3. The number of fused-ring (bicyclic) bond motifs is 1. The molecule has 1 atom stereocenters. The lowest BCUT2D eigenvalue weighted by Crippen LogP contribution is -2.32. The van der Waals surface area contributed by atoms with Crippen molar-refractivity contribution in [3.63, 3.8) is 0 Å². The maximum Gasteiger partial charge on any atom is 0.281 e. The van der Waals surface area contributed by atoms with Gasteiger partial charge in [0.2, 0.25) is 5.91 Å². The Balaban J connectivity index is 1.70. The van der Waals surface area contributed by atoms with Crippen molar-refractivity contribution >= 4 is 28.3 Å². The van der Waals surface area contributed by atoms with E-state index in [0.717, 1.165) is 22.3 Å². The number of aryl methyl sites for hydroxylation is 2. The number of rotatable bonds is 6. The number of halogens is 1. The first kappa shape index (κ1) is 21.8. The number of nitrogens with zero attached hydrogens (tertiary/aromatic N) is 3. The van der Waals surface area contributed by atoms with Gasteiger partial charge in [0.25, 0.3) is 5.56 Å². The summed E-state index contributed by atoms with van der Waals surface area (Å²) in [6, 6.07) is 16.3. The van der Waals surface area contributed by atoms with E-state index in [1.165, 1.54) is 4.68 Å². The molecule has 0 saturated heterocycles. The Morgan fingerprint density at radius 2 is 1.75 bits per heavy atom. The maximum atomic E-state index is 13.3. The lowest BCUT2D eigenvalue weighted by atomic mass is 10.1. The normalized spacial score (nSPS) is 12.1. The van der Waals surface area contributed by atoms with Gasteiger partial charge in [0, 0.05) is 28.3 Å². The molecule has 1 N–H and O–H groups in total. The molecule has 4 aromatic rings. The predicted octanol–water partition coefficient (Wildman–Crippen LogP) is 4.72. The van der Waals surface area contributed by atoms with Crippen LogP contribution in [0.1, 0.15) is 36.3 Å². The van der Waals surface area contributed by atoms with Crippen LogP contribution in [0.5, 0.6) is 0 Å². The monoisotopic (exact) mass is 448 g/mol. The summed E-state index contributed by atoms with van der Waals surface area (Å²) in [5.74, 6) is -0.0923. The fourth-order valence-electron chi connectivity index (χ4n) is 4.19. The second-order valence-electron chi connectivity index (χ2n) is 7.79. The van der Waals surface area contributed by atoms with E-state index >= 15 is 0 Å². The first-order chi connectivity index (χ1) is 15.4. The molecule has 0 spiro atoms. The number of benzene rings is 2. The van der Waals surface area contributed by atoms with Gasteiger partial charge in [-0.15, -0.1) is 0 Å². The maximum absolute atomic E-state index is 13.3. The number of hydrogen-bond acceptors (Lipinski definition) is 3. The van der Waals surface area contributed by atoms with E-state index in [-0.39, 0.29) is 11.5 Å². The van der Waals surface area contributed by atoms with Gasteiger partial charge in [-0.25, -0.2) is 0 Å². The molecule has 164 valence electrons. The summed E-state index contributed by atoms with van der Waals surface area (Å²) in [7, 11) is 0. The van der Waals surface area contributed by atoms with E-state index in [0.29, 0.717) is 29.1 Å². The van der Waals surface area contributed by atoms with E-state index in [4.69, 9.17) is 11.6 Å².